The van der Waals surface area contributed by atoms with Gasteiger partial charge in [0.05, 0.1) is 20.5 Å². The van der Waals surface area contributed by atoms with E-state index in [0.717, 1.165) is 24.3 Å². The minimum atomic E-state index is -4.90. The van der Waals surface area contributed by atoms with Gasteiger partial charge in [0.1, 0.15) is 11.9 Å². The van der Waals surface area contributed by atoms with Crippen molar-refractivity contribution in [1.29, 1.82) is 0 Å². The fourth-order valence-electron chi connectivity index (χ4n) is 4.97. The number of benzene rings is 1. The minimum absolute atomic E-state index is 0.0529. The Kier molecular flexibility index (Phi) is 7.87. The Morgan fingerprint density at radius 1 is 0.900 bits per heavy atom. The average molecular weight is 615 g/mol. The maximum Gasteiger partial charge on any atom is 0.433 e. The van der Waals surface area contributed by atoms with Crippen molar-refractivity contribution in [3.8, 4) is 0 Å². The van der Waals surface area contributed by atoms with Crippen molar-refractivity contribution in [2.75, 3.05) is 13.1 Å². The van der Waals surface area contributed by atoms with Crippen molar-refractivity contribution in [3.63, 3.8) is 0 Å². The van der Waals surface area contributed by atoms with Gasteiger partial charge in [-0.05, 0) is 75.8 Å². The molecule has 2 aliphatic rings. The number of aromatic nitrogens is 1. The van der Waals surface area contributed by atoms with Gasteiger partial charge in [0.15, 0.2) is 24.7 Å². The summed E-state index contributed by atoms with van der Waals surface area (Å²) in [6, 6.07) is 4.99. The number of hydrogen-bond donors (Lipinski definition) is 1. The van der Waals surface area contributed by atoms with Gasteiger partial charge in [-0.25, -0.2) is 21.8 Å². The molecule has 0 spiro atoms. The first kappa shape index (κ1) is 30.7. The van der Waals surface area contributed by atoms with E-state index in [1.54, 1.807) is 0 Å². The Hall–Kier alpha value is -2.23. The zero-order valence-electron chi connectivity index (χ0n) is 21.5. The number of piperidine rings is 1. The van der Waals surface area contributed by atoms with E-state index in [0.29, 0.717) is 12.1 Å². The van der Waals surface area contributed by atoms with Crippen LogP contribution in [0.5, 0.6) is 0 Å². The Bertz CT molecular complexity index is 1480. The lowest BCUT2D eigenvalue weighted by atomic mass is 9.85. The van der Waals surface area contributed by atoms with Crippen molar-refractivity contribution >= 4 is 19.7 Å². The summed E-state index contributed by atoms with van der Waals surface area (Å²) < 4.78 is 130. The molecule has 0 bridgehead atoms. The second kappa shape index (κ2) is 10.2. The van der Waals surface area contributed by atoms with Gasteiger partial charge in [-0.15, -0.1) is 0 Å². The molecule has 2 aromatic rings. The van der Waals surface area contributed by atoms with Crippen molar-refractivity contribution in [2.45, 2.75) is 78.0 Å². The van der Waals surface area contributed by atoms with Crippen LogP contribution in [-0.2, 0) is 32.0 Å². The summed E-state index contributed by atoms with van der Waals surface area (Å²) in [5, 5.41) is 9.33. The highest BCUT2D eigenvalue weighted by atomic mass is 32.2. The van der Waals surface area contributed by atoms with E-state index in [4.69, 9.17) is 0 Å². The predicted octanol–water partition coefficient (Wildman–Crippen LogP) is 5.01. The molecule has 1 atom stereocenters. The van der Waals surface area contributed by atoms with Crippen LogP contribution >= 0.6 is 0 Å². The summed E-state index contributed by atoms with van der Waals surface area (Å²) in [5.41, 5.74) is -2.79. The van der Waals surface area contributed by atoms with Crippen molar-refractivity contribution < 1.29 is 48.3 Å². The molecule has 15 heteroatoms. The van der Waals surface area contributed by atoms with Gasteiger partial charge in [-0.1, -0.05) is 6.07 Å². The van der Waals surface area contributed by atoms with Gasteiger partial charge >= 0.3 is 12.4 Å². The molecule has 1 aliphatic heterocycles. The van der Waals surface area contributed by atoms with E-state index in [9.17, 15) is 48.3 Å². The smallest absolute Gasteiger partial charge is 0.374 e. The van der Waals surface area contributed by atoms with Crippen LogP contribution in [0.4, 0.5) is 26.3 Å². The molecule has 1 saturated heterocycles. The van der Waals surface area contributed by atoms with Crippen molar-refractivity contribution in [2.24, 2.45) is 5.92 Å². The first-order chi connectivity index (χ1) is 18.3. The van der Waals surface area contributed by atoms with Gasteiger partial charge in [-0.3, -0.25) is 4.90 Å². The topological polar surface area (TPSA) is 105 Å². The number of alkyl halides is 6. The van der Waals surface area contributed by atoms with Crippen LogP contribution in [0, 0.1) is 5.92 Å². The fraction of sp³-hybridized carbons (Fsp3) is 0.560. The van der Waals surface area contributed by atoms with Gasteiger partial charge in [0.25, 0.3) is 0 Å². The number of pyridine rings is 1. The van der Waals surface area contributed by atoms with Crippen molar-refractivity contribution in [3.05, 3.63) is 53.2 Å². The normalized spacial score (nSPS) is 19.5. The number of hydrogen-bond acceptors (Lipinski definition) is 7. The molecular formula is C25H28F6N2O5S2. The van der Waals surface area contributed by atoms with Crippen LogP contribution in [0.3, 0.4) is 0 Å². The number of sulfone groups is 2. The lowest BCUT2D eigenvalue weighted by Gasteiger charge is -2.41. The molecule has 0 amide bonds. The van der Waals surface area contributed by atoms with Gasteiger partial charge in [-0.2, -0.15) is 26.3 Å². The molecule has 40 heavy (non-hydrogen) atoms. The largest absolute Gasteiger partial charge is 0.433 e. The number of nitrogens with zero attached hydrogens (tertiary/aromatic N) is 2. The van der Waals surface area contributed by atoms with Crippen LogP contribution in [-0.4, -0.2) is 54.9 Å². The van der Waals surface area contributed by atoms with Crippen LogP contribution in [0.1, 0.15) is 62.6 Å². The average Bonchev–Trinajstić information content (AvgIpc) is 3.73. The van der Waals surface area contributed by atoms with Crippen LogP contribution < -0.4 is 0 Å². The quantitative estimate of drug-likeness (QED) is 0.438. The van der Waals surface area contributed by atoms with Crippen molar-refractivity contribution in [1.82, 2.24) is 9.88 Å². The van der Waals surface area contributed by atoms with Gasteiger partial charge < -0.3 is 5.11 Å². The summed E-state index contributed by atoms with van der Waals surface area (Å²) in [6.07, 6.45) is -10.4. The Balaban J connectivity index is 1.56. The third kappa shape index (κ3) is 5.74. The third-order valence-electron chi connectivity index (χ3n) is 7.71. The minimum Gasteiger partial charge on any atom is -0.374 e. The SMILES string of the molecule is CC(C)(C1CCN(C(O)c2ccc(C(F)(F)F)nc2S(=O)(=O)C2CC2)CC1)S(=O)(=O)c1cccc(C(F)(F)F)c1. The number of aliphatic hydroxyl groups is 1. The van der Waals surface area contributed by atoms with E-state index >= 15 is 0 Å². The molecule has 1 N–H and O–H groups in total. The Morgan fingerprint density at radius 2 is 1.50 bits per heavy atom. The molecule has 1 aliphatic carbocycles. The highest BCUT2D eigenvalue weighted by Crippen LogP contribution is 2.42. The number of likely N-dealkylation sites (tertiary alicyclic amines) is 1. The van der Waals surface area contributed by atoms with E-state index < -0.39 is 75.3 Å². The molecule has 4 rings (SSSR count). The summed E-state index contributed by atoms with van der Waals surface area (Å²) in [4.78, 5) is 4.32. The highest BCUT2D eigenvalue weighted by Gasteiger charge is 2.46. The monoisotopic (exact) mass is 614 g/mol. The molecule has 1 saturated carbocycles. The third-order valence-corrected chi connectivity index (χ3v) is 12.5. The van der Waals surface area contributed by atoms with Crippen LogP contribution in [0.25, 0.3) is 0 Å². The second-order valence-corrected chi connectivity index (χ2v) is 15.3. The molecule has 1 aromatic carbocycles. The Morgan fingerprint density at radius 3 is 2.02 bits per heavy atom. The highest BCUT2D eigenvalue weighted by molar-refractivity contribution is 7.93. The van der Waals surface area contributed by atoms with E-state index in [1.165, 1.54) is 18.7 Å². The zero-order chi connectivity index (χ0) is 29.9. The van der Waals surface area contributed by atoms with Crippen LogP contribution in [0.15, 0.2) is 46.3 Å². The summed E-state index contributed by atoms with van der Waals surface area (Å²) >= 11 is 0. The maximum absolute atomic E-state index is 13.4. The summed E-state index contributed by atoms with van der Waals surface area (Å²) in [6.45, 7) is 2.94. The fourth-order valence-corrected chi connectivity index (χ4v) is 8.59. The van der Waals surface area contributed by atoms with Gasteiger partial charge in [0, 0.05) is 18.7 Å². The van der Waals surface area contributed by atoms with Crippen LogP contribution in [0.2, 0.25) is 0 Å². The second-order valence-electron chi connectivity index (χ2n) is 10.6. The maximum atomic E-state index is 13.4. The number of rotatable bonds is 7. The number of aliphatic hydroxyl groups excluding tert-OH is 1. The molecule has 222 valence electrons. The van der Waals surface area contributed by atoms with E-state index in [1.807, 2.05) is 0 Å². The first-order valence-electron chi connectivity index (χ1n) is 12.4. The standard InChI is InChI=1S/C25H28F6N2O5S2/c1-23(2,40(37,38)18-5-3-4-16(14-18)24(26,27)28)15-10-12-33(13-11-15)22(34)19-8-9-20(25(29,30)31)32-21(19)39(35,36)17-6-7-17/h3-5,8-9,14-15,17,22,34H,6-7,10-13H2,1-2H3. The lowest BCUT2D eigenvalue weighted by molar-refractivity contribution is -0.141. The molecule has 2 heterocycles. The summed E-state index contributed by atoms with van der Waals surface area (Å²) in [5.74, 6) is -0.545. The van der Waals surface area contributed by atoms with E-state index in [-0.39, 0.29) is 44.3 Å². The molecule has 1 aromatic heterocycles. The number of halogens is 6. The zero-order valence-corrected chi connectivity index (χ0v) is 23.1. The predicted molar refractivity (Wildman–Crippen MR) is 131 cm³/mol. The molecule has 7 nitrogen and oxygen atoms in total. The first-order valence-corrected chi connectivity index (χ1v) is 15.5. The summed E-state index contributed by atoms with van der Waals surface area (Å²) in [7, 11) is -8.45. The molecule has 1 unspecified atom stereocenters. The molecule has 0 radical (unpaired) electrons. The lowest BCUT2D eigenvalue weighted by Crippen LogP contribution is -2.47. The van der Waals surface area contributed by atoms with Gasteiger partial charge in [0.2, 0.25) is 0 Å². The molecular weight excluding hydrogens is 586 g/mol. The molecule has 2 fully saturated rings. The Labute approximate surface area is 228 Å². The van der Waals surface area contributed by atoms with E-state index in [2.05, 4.69) is 4.98 Å².